The van der Waals surface area contributed by atoms with Gasteiger partial charge in [0.25, 0.3) is 0 Å². The molecular formula is C8H12N4. The van der Waals surface area contributed by atoms with Crippen molar-refractivity contribution in [3.05, 3.63) is 12.4 Å². The zero-order chi connectivity index (χ0) is 8.02. The van der Waals surface area contributed by atoms with Gasteiger partial charge in [0.05, 0.1) is 12.2 Å². The van der Waals surface area contributed by atoms with E-state index in [1.54, 1.807) is 6.20 Å². The van der Waals surface area contributed by atoms with Crippen LogP contribution in [0.3, 0.4) is 0 Å². The number of nitrogens with zero attached hydrogens (tertiary/aromatic N) is 3. The molecule has 1 N–H and O–H groups in total. The zero-order valence-corrected chi connectivity index (χ0v) is 6.90. The summed E-state index contributed by atoms with van der Waals surface area (Å²) in [6.07, 6.45) is 6.28. The Morgan fingerprint density at radius 2 is 2.25 bits per heavy atom. The molecule has 0 unspecified atom stereocenters. The summed E-state index contributed by atoms with van der Waals surface area (Å²) in [7, 11) is 0. The molecule has 64 valence electrons. The molecule has 1 aliphatic carbocycles. The molecule has 0 radical (unpaired) electrons. The van der Waals surface area contributed by atoms with E-state index < -0.39 is 0 Å². The van der Waals surface area contributed by atoms with Crippen LogP contribution >= 0.6 is 0 Å². The maximum atomic E-state index is 4.01. The molecule has 1 aromatic heterocycles. The smallest absolute Gasteiger partial charge is 0.0693 e. The monoisotopic (exact) mass is 164 g/mol. The van der Waals surface area contributed by atoms with Crippen LogP contribution in [0.4, 0.5) is 0 Å². The van der Waals surface area contributed by atoms with E-state index in [4.69, 9.17) is 0 Å². The highest BCUT2D eigenvalue weighted by Crippen LogP contribution is 2.50. The van der Waals surface area contributed by atoms with E-state index in [9.17, 15) is 0 Å². The minimum absolute atomic E-state index is 0.620. The maximum Gasteiger partial charge on any atom is 0.0693 e. The third kappa shape index (κ3) is 0.756. The highest BCUT2D eigenvalue weighted by Gasteiger charge is 2.49. The topological polar surface area (TPSA) is 42.7 Å². The molecule has 0 bridgehead atoms. The third-order valence-electron chi connectivity index (χ3n) is 3.15. The van der Waals surface area contributed by atoms with Crippen LogP contribution < -0.4 is 5.32 Å². The lowest BCUT2D eigenvalue weighted by molar-refractivity contribution is 0.00162. The molecule has 4 nitrogen and oxygen atoms in total. The molecule has 1 saturated heterocycles. The van der Waals surface area contributed by atoms with Crippen molar-refractivity contribution >= 4 is 0 Å². The van der Waals surface area contributed by atoms with Crippen molar-refractivity contribution in [3.63, 3.8) is 0 Å². The Morgan fingerprint density at radius 1 is 1.42 bits per heavy atom. The molecule has 1 spiro atoms. The minimum Gasteiger partial charge on any atom is -0.316 e. The summed E-state index contributed by atoms with van der Waals surface area (Å²) in [5.74, 6) is 0. The van der Waals surface area contributed by atoms with Crippen LogP contribution in [0, 0.1) is 5.41 Å². The molecule has 1 aliphatic heterocycles. The van der Waals surface area contributed by atoms with Gasteiger partial charge in [-0.3, -0.25) is 0 Å². The molecule has 0 aromatic carbocycles. The van der Waals surface area contributed by atoms with Crippen LogP contribution in [0.5, 0.6) is 0 Å². The van der Waals surface area contributed by atoms with Crippen molar-refractivity contribution in [3.8, 4) is 0 Å². The first-order valence-corrected chi connectivity index (χ1v) is 4.45. The van der Waals surface area contributed by atoms with Gasteiger partial charge in [0.2, 0.25) is 0 Å². The summed E-state index contributed by atoms with van der Waals surface area (Å²) in [6, 6.07) is 0.620. The van der Waals surface area contributed by atoms with Gasteiger partial charge in [0.15, 0.2) is 0 Å². The standard InChI is InChI=1S/C8H12N4/c1-2-12(11-10-1)7-3-8(4-7)5-9-6-8/h1-2,7,9H,3-6H2. The average molecular weight is 164 g/mol. The average Bonchev–Trinajstić information content (AvgIpc) is 2.32. The van der Waals surface area contributed by atoms with Gasteiger partial charge in [-0.15, -0.1) is 5.10 Å². The van der Waals surface area contributed by atoms with Gasteiger partial charge in [-0.1, -0.05) is 5.21 Å². The van der Waals surface area contributed by atoms with Crippen LogP contribution in [0.15, 0.2) is 12.4 Å². The zero-order valence-electron chi connectivity index (χ0n) is 6.90. The summed E-state index contributed by atoms with van der Waals surface area (Å²) >= 11 is 0. The summed E-state index contributed by atoms with van der Waals surface area (Å²) in [5, 5.41) is 11.1. The summed E-state index contributed by atoms with van der Waals surface area (Å²) in [4.78, 5) is 0. The van der Waals surface area contributed by atoms with Gasteiger partial charge in [0.1, 0.15) is 0 Å². The Labute approximate surface area is 71.0 Å². The van der Waals surface area contributed by atoms with Gasteiger partial charge < -0.3 is 5.32 Å². The van der Waals surface area contributed by atoms with Crippen LogP contribution in [-0.2, 0) is 0 Å². The lowest BCUT2D eigenvalue weighted by Gasteiger charge is -2.54. The van der Waals surface area contributed by atoms with Crippen molar-refractivity contribution in [2.24, 2.45) is 5.41 Å². The van der Waals surface area contributed by atoms with Crippen LogP contribution in [0.2, 0.25) is 0 Å². The van der Waals surface area contributed by atoms with Crippen LogP contribution in [0.25, 0.3) is 0 Å². The second-order valence-electron chi connectivity index (χ2n) is 4.05. The first-order valence-electron chi connectivity index (χ1n) is 4.45. The number of rotatable bonds is 1. The first-order chi connectivity index (χ1) is 5.88. The molecular weight excluding hydrogens is 152 g/mol. The second-order valence-corrected chi connectivity index (χ2v) is 4.05. The highest BCUT2D eigenvalue weighted by atomic mass is 15.4. The Hall–Kier alpha value is -0.900. The summed E-state index contributed by atoms with van der Waals surface area (Å²) in [5.41, 5.74) is 0.636. The van der Waals surface area contributed by atoms with Crippen molar-refractivity contribution in [1.82, 2.24) is 20.3 Å². The fraction of sp³-hybridized carbons (Fsp3) is 0.750. The Balaban J connectivity index is 1.69. The van der Waals surface area contributed by atoms with E-state index in [0.29, 0.717) is 11.5 Å². The number of nitrogens with one attached hydrogen (secondary N) is 1. The van der Waals surface area contributed by atoms with E-state index in [1.165, 1.54) is 25.9 Å². The second kappa shape index (κ2) is 2.07. The molecule has 1 saturated carbocycles. The van der Waals surface area contributed by atoms with E-state index in [0.717, 1.165) is 0 Å². The van der Waals surface area contributed by atoms with E-state index in [-0.39, 0.29) is 0 Å². The molecule has 0 amide bonds. The largest absolute Gasteiger partial charge is 0.316 e. The van der Waals surface area contributed by atoms with E-state index in [1.807, 2.05) is 10.9 Å². The molecule has 4 heteroatoms. The Morgan fingerprint density at radius 3 is 2.75 bits per heavy atom. The quantitative estimate of drug-likeness (QED) is 0.645. The first kappa shape index (κ1) is 6.60. The van der Waals surface area contributed by atoms with Gasteiger partial charge >= 0.3 is 0 Å². The van der Waals surface area contributed by atoms with Gasteiger partial charge in [-0.2, -0.15) is 0 Å². The molecule has 2 fully saturated rings. The lowest BCUT2D eigenvalue weighted by Crippen LogP contribution is -2.60. The van der Waals surface area contributed by atoms with Gasteiger partial charge in [0, 0.05) is 19.3 Å². The number of aromatic nitrogens is 3. The fourth-order valence-electron chi connectivity index (χ4n) is 2.31. The molecule has 2 aliphatic rings. The number of hydrogen-bond acceptors (Lipinski definition) is 3. The number of hydrogen-bond donors (Lipinski definition) is 1. The van der Waals surface area contributed by atoms with Crippen molar-refractivity contribution in [1.29, 1.82) is 0 Å². The summed E-state index contributed by atoms with van der Waals surface area (Å²) < 4.78 is 1.99. The third-order valence-corrected chi connectivity index (χ3v) is 3.15. The van der Waals surface area contributed by atoms with E-state index in [2.05, 4.69) is 15.6 Å². The molecule has 1 aromatic rings. The molecule has 0 atom stereocenters. The van der Waals surface area contributed by atoms with Crippen LogP contribution in [-0.4, -0.2) is 28.1 Å². The minimum atomic E-state index is 0.620. The molecule has 12 heavy (non-hydrogen) atoms. The molecule has 2 heterocycles. The van der Waals surface area contributed by atoms with Crippen molar-refractivity contribution in [2.75, 3.05) is 13.1 Å². The lowest BCUT2D eigenvalue weighted by atomic mass is 9.62. The Bertz CT molecular complexity index is 267. The SMILES string of the molecule is c1cn(C2CC3(CNC3)C2)nn1. The highest BCUT2D eigenvalue weighted by molar-refractivity contribution is 5.04. The maximum absolute atomic E-state index is 4.01. The van der Waals surface area contributed by atoms with Gasteiger partial charge in [-0.25, -0.2) is 4.68 Å². The Kier molecular flexibility index (Phi) is 1.14. The predicted molar refractivity (Wildman–Crippen MR) is 43.6 cm³/mol. The van der Waals surface area contributed by atoms with Crippen molar-refractivity contribution in [2.45, 2.75) is 18.9 Å². The normalized spacial score (nSPS) is 26.7. The predicted octanol–water partition coefficient (Wildman–Crippen LogP) is 0.203. The van der Waals surface area contributed by atoms with Crippen molar-refractivity contribution < 1.29 is 0 Å². The van der Waals surface area contributed by atoms with Gasteiger partial charge in [-0.05, 0) is 18.3 Å². The van der Waals surface area contributed by atoms with E-state index >= 15 is 0 Å². The molecule has 3 rings (SSSR count). The fourth-order valence-corrected chi connectivity index (χ4v) is 2.31. The summed E-state index contributed by atoms with van der Waals surface area (Å²) in [6.45, 7) is 2.41. The van der Waals surface area contributed by atoms with Crippen LogP contribution in [0.1, 0.15) is 18.9 Å².